The molecule has 11 heteroatoms. The molecule has 5 aromatic rings. The number of nitrogens with zero attached hydrogens (tertiary/aromatic N) is 5. The lowest BCUT2D eigenvalue weighted by Crippen LogP contribution is -2.26. The first kappa shape index (κ1) is 24.8. The molecule has 0 atom stereocenters. The van der Waals surface area contributed by atoms with Crippen molar-refractivity contribution >= 4 is 45.6 Å². The Morgan fingerprint density at radius 3 is 2.67 bits per heavy atom. The van der Waals surface area contributed by atoms with E-state index in [0.29, 0.717) is 28.6 Å². The molecular formula is C28H29N7O4. The molecular weight excluding hydrogens is 498 g/mol. The summed E-state index contributed by atoms with van der Waals surface area (Å²) in [5, 5.41) is 17.8. The summed E-state index contributed by atoms with van der Waals surface area (Å²) in [7, 11) is 0. The number of aryl methyl sites for hydroxylation is 2. The zero-order chi connectivity index (χ0) is 27.1. The number of carbonyl (C=O) groups is 1. The van der Waals surface area contributed by atoms with Crippen LogP contribution in [0.4, 0.5) is 17.5 Å². The molecule has 1 saturated carbocycles. The van der Waals surface area contributed by atoms with Crippen LogP contribution in [0.1, 0.15) is 42.9 Å². The maximum Gasteiger partial charge on any atom is 0.329 e. The number of nitrogens with one attached hydrogen (secondary N) is 1. The van der Waals surface area contributed by atoms with Gasteiger partial charge >= 0.3 is 5.97 Å². The lowest BCUT2D eigenvalue weighted by Gasteiger charge is -2.28. The first-order valence-corrected chi connectivity index (χ1v) is 12.9. The standard InChI is InChI=1S/C28H29N7O4/c1-15-11-16(2)25-21(12-15)33-28(39-25)32-18-5-3-17(4-6-18)24-23-26(29)30-14-31-27(23)35(34-24)19-7-9-20(10-8-19)38-13-22(36)37/h3-6,11-12,14,19-20H,7-10,13H2,1-2H3,(H,32,33)(H,36,37)(H2,29,30,31). The molecule has 39 heavy (non-hydrogen) atoms. The molecule has 0 amide bonds. The number of aromatic nitrogens is 5. The molecule has 4 N–H and O–H groups in total. The molecule has 3 aromatic heterocycles. The summed E-state index contributed by atoms with van der Waals surface area (Å²) < 4.78 is 13.4. The monoisotopic (exact) mass is 527 g/mol. The highest BCUT2D eigenvalue weighted by molar-refractivity contribution is 5.98. The Morgan fingerprint density at radius 2 is 1.92 bits per heavy atom. The molecule has 0 unspecified atom stereocenters. The third-order valence-electron chi connectivity index (χ3n) is 7.18. The van der Waals surface area contributed by atoms with E-state index >= 15 is 0 Å². The Labute approximate surface area is 224 Å². The fourth-order valence-electron chi connectivity index (χ4n) is 5.36. The summed E-state index contributed by atoms with van der Waals surface area (Å²) in [4.78, 5) is 24.2. The second-order valence-electron chi connectivity index (χ2n) is 10.0. The van der Waals surface area contributed by atoms with Gasteiger partial charge in [0.05, 0.1) is 17.5 Å². The van der Waals surface area contributed by atoms with Gasteiger partial charge < -0.3 is 25.3 Å². The quantitative estimate of drug-likeness (QED) is 0.258. The molecule has 0 saturated heterocycles. The highest BCUT2D eigenvalue weighted by Gasteiger charge is 2.27. The van der Waals surface area contributed by atoms with Gasteiger partial charge in [-0.1, -0.05) is 18.2 Å². The van der Waals surface area contributed by atoms with Gasteiger partial charge in [0, 0.05) is 11.3 Å². The molecule has 1 aliphatic rings. The number of carboxylic acids is 1. The van der Waals surface area contributed by atoms with Crippen LogP contribution < -0.4 is 11.1 Å². The molecule has 0 aliphatic heterocycles. The molecule has 1 fully saturated rings. The number of ether oxygens (including phenoxy) is 1. The Kier molecular flexibility index (Phi) is 6.35. The maximum atomic E-state index is 10.8. The van der Waals surface area contributed by atoms with Crippen molar-refractivity contribution in [3.63, 3.8) is 0 Å². The largest absolute Gasteiger partial charge is 0.480 e. The summed E-state index contributed by atoms with van der Waals surface area (Å²) >= 11 is 0. The number of aliphatic carboxylic acids is 1. The Bertz CT molecular complexity index is 1670. The predicted molar refractivity (Wildman–Crippen MR) is 147 cm³/mol. The van der Waals surface area contributed by atoms with Crippen LogP contribution in [-0.4, -0.2) is 48.5 Å². The van der Waals surface area contributed by atoms with Gasteiger partial charge in [-0.05, 0) is 68.9 Å². The molecule has 2 aromatic carbocycles. The second kappa shape index (κ2) is 9.99. The van der Waals surface area contributed by atoms with Crippen molar-refractivity contribution in [1.29, 1.82) is 0 Å². The van der Waals surface area contributed by atoms with Crippen molar-refractivity contribution in [2.45, 2.75) is 51.7 Å². The van der Waals surface area contributed by atoms with E-state index < -0.39 is 5.97 Å². The zero-order valence-corrected chi connectivity index (χ0v) is 21.7. The second-order valence-corrected chi connectivity index (χ2v) is 10.0. The normalized spacial score (nSPS) is 17.6. The summed E-state index contributed by atoms with van der Waals surface area (Å²) in [6.07, 6.45) is 4.51. The van der Waals surface area contributed by atoms with Gasteiger partial charge in [0.1, 0.15) is 30.0 Å². The van der Waals surface area contributed by atoms with Gasteiger partial charge in [0.2, 0.25) is 0 Å². The van der Waals surface area contributed by atoms with E-state index in [-0.39, 0.29) is 18.8 Å². The highest BCUT2D eigenvalue weighted by Crippen LogP contribution is 2.37. The average Bonchev–Trinajstić information content (AvgIpc) is 3.51. The molecule has 11 nitrogen and oxygen atoms in total. The van der Waals surface area contributed by atoms with Crippen molar-refractivity contribution in [3.05, 3.63) is 53.9 Å². The van der Waals surface area contributed by atoms with Crippen LogP contribution >= 0.6 is 0 Å². The molecule has 1 aliphatic carbocycles. The third-order valence-corrected chi connectivity index (χ3v) is 7.18. The number of oxazole rings is 1. The first-order valence-electron chi connectivity index (χ1n) is 12.9. The van der Waals surface area contributed by atoms with Crippen molar-refractivity contribution in [2.24, 2.45) is 0 Å². The first-order chi connectivity index (χ1) is 18.9. The van der Waals surface area contributed by atoms with Crippen molar-refractivity contribution < 1.29 is 19.1 Å². The van der Waals surface area contributed by atoms with Crippen LogP contribution in [0, 0.1) is 13.8 Å². The van der Waals surface area contributed by atoms with Crippen molar-refractivity contribution in [3.8, 4) is 11.3 Å². The summed E-state index contributed by atoms with van der Waals surface area (Å²) in [6.45, 7) is 3.78. The lowest BCUT2D eigenvalue weighted by atomic mass is 9.93. The van der Waals surface area contributed by atoms with Crippen LogP contribution in [0.3, 0.4) is 0 Å². The Hall–Kier alpha value is -4.51. The van der Waals surface area contributed by atoms with E-state index in [1.54, 1.807) is 0 Å². The van der Waals surface area contributed by atoms with E-state index in [1.807, 2.05) is 48.9 Å². The van der Waals surface area contributed by atoms with Crippen LogP contribution in [0.25, 0.3) is 33.4 Å². The number of hydrogen-bond acceptors (Lipinski definition) is 9. The third kappa shape index (κ3) is 4.88. The van der Waals surface area contributed by atoms with Gasteiger partial charge in [-0.2, -0.15) is 10.1 Å². The van der Waals surface area contributed by atoms with E-state index in [1.165, 1.54) is 6.33 Å². The lowest BCUT2D eigenvalue weighted by molar-refractivity contribution is -0.145. The number of fused-ring (bicyclic) bond motifs is 2. The molecule has 0 bridgehead atoms. The van der Waals surface area contributed by atoms with Gasteiger partial charge in [0.15, 0.2) is 11.2 Å². The average molecular weight is 528 g/mol. The Morgan fingerprint density at radius 1 is 1.15 bits per heavy atom. The fraction of sp³-hybridized carbons (Fsp3) is 0.321. The van der Waals surface area contributed by atoms with E-state index in [2.05, 4.69) is 26.3 Å². The van der Waals surface area contributed by atoms with Crippen LogP contribution in [0.2, 0.25) is 0 Å². The van der Waals surface area contributed by atoms with Gasteiger partial charge in [0.25, 0.3) is 6.01 Å². The van der Waals surface area contributed by atoms with E-state index in [9.17, 15) is 4.79 Å². The highest BCUT2D eigenvalue weighted by atomic mass is 16.5. The van der Waals surface area contributed by atoms with Gasteiger partial charge in [-0.25, -0.2) is 19.4 Å². The van der Waals surface area contributed by atoms with Crippen LogP contribution in [0.5, 0.6) is 0 Å². The summed E-state index contributed by atoms with van der Waals surface area (Å²) in [5.74, 6) is -0.577. The molecule has 3 heterocycles. The SMILES string of the molecule is Cc1cc(C)c2oc(Nc3ccc(-c4nn(C5CCC(OCC(=O)O)CC5)c5ncnc(N)c45)cc3)nc2c1. The van der Waals surface area contributed by atoms with Crippen molar-refractivity contribution in [1.82, 2.24) is 24.7 Å². The summed E-state index contributed by atoms with van der Waals surface area (Å²) in [6, 6.07) is 12.4. The summed E-state index contributed by atoms with van der Waals surface area (Å²) in [5.41, 5.74) is 13.2. The minimum Gasteiger partial charge on any atom is -0.480 e. The molecule has 200 valence electrons. The fourth-order valence-corrected chi connectivity index (χ4v) is 5.36. The number of carboxylic acid groups (broad SMARTS) is 1. The van der Waals surface area contributed by atoms with Crippen LogP contribution in [-0.2, 0) is 9.53 Å². The topological polar surface area (TPSA) is 154 Å². The molecule has 6 rings (SSSR count). The van der Waals surface area contributed by atoms with Gasteiger partial charge in [-0.15, -0.1) is 0 Å². The smallest absolute Gasteiger partial charge is 0.329 e. The number of hydrogen-bond donors (Lipinski definition) is 3. The number of nitrogen functional groups attached to an aromatic ring is 1. The minimum absolute atomic E-state index is 0.0624. The maximum absolute atomic E-state index is 10.8. The van der Waals surface area contributed by atoms with Gasteiger partial charge in [-0.3, -0.25) is 0 Å². The number of anilines is 3. The van der Waals surface area contributed by atoms with Crippen LogP contribution in [0.15, 0.2) is 47.1 Å². The Balaban J connectivity index is 1.25. The number of benzene rings is 2. The van der Waals surface area contributed by atoms with E-state index in [4.69, 9.17) is 25.1 Å². The number of rotatable bonds is 7. The molecule has 0 spiro atoms. The van der Waals surface area contributed by atoms with Crippen molar-refractivity contribution in [2.75, 3.05) is 17.7 Å². The predicted octanol–water partition coefficient (Wildman–Crippen LogP) is 5.16. The van der Waals surface area contributed by atoms with E-state index in [0.717, 1.165) is 59.2 Å². The zero-order valence-electron chi connectivity index (χ0n) is 21.7. The minimum atomic E-state index is -0.952. The molecule has 0 radical (unpaired) electrons. The number of nitrogens with two attached hydrogens (primary N) is 1.